The second-order valence-corrected chi connectivity index (χ2v) is 7.56. The third-order valence-electron chi connectivity index (χ3n) is 4.97. The number of carbonyl (C=O) groups is 1. The van der Waals surface area contributed by atoms with Crippen molar-refractivity contribution < 1.29 is 4.79 Å². The van der Waals surface area contributed by atoms with Crippen molar-refractivity contribution in [2.45, 2.75) is 29.7 Å². The van der Waals surface area contributed by atoms with Crippen LogP contribution in [0.15, 0.2) is 53.4 Å². The molecular weight excluding hydrogens is 316 g/mol. The summed E-state index contributed by atoms with van der Waals surface area (Å²) in [5, 5.41) is 6.73. The highest BCUT2D eigenvalue weighted by molar-refractivity contribution is 7.99. The van der Waals surface area contributed by atoms with Crippen molar-refractivity contribution in [2.75, 3.05) is 18.8 Å². The fourth-order valence-electron chi connectivity index (χ4n) is 3.72. The van der Waals surface area contributed by atoms with Gasteiger partial charge in [-0.05, 0) is 47.9 Å². The van der Waals surface area contributed by atoms with Gasteiger partial charge in [-0.3, -0.25) is 4.79 Å². The van der Waals surface area contributed by atoms with Gasteiger partial charge in [0.2, 0.25) is 5.91 Å². The van der Waals surface area contributed by atoms with Crippen LogP contribution in [0.25, 0.3) is 0 Å². The molecule has 1 amide bonds. The van der Waals surface area contributed by atoms with E-state index in [4.69, 9.17) is 0 Å². The topological polar surface area (TPSA) is 41.1 Å². The Kier molecular flexibility index (Phi) is 4.58. The quantitative estimate of drug-likeness (QED) is 0.902. The maximum absolute atomic E-state index is 12.8. The number of carbonyl (C=O) groups excluding carboxylic acids is 1. The lowest BCUT2D eigenvalue weighted by molar-refractivity contribution is -0.122. The Morgan fingerprint density at radius 1 is 1.12 bits per heavy atom. The first-order valence-corrected chi connectivity index (χ1v) is 9.62. The third kappa shape index (κ3) is 3.08. The average Bonchev–Trinajstić information content (AvgIpc) is 2.65. The number of hydrogen-bond acceptors (Lipinski definition) is 3. The van der Waals surface area contributed by atoms with Crippen molar-refractivity contribution in [2.24, 2.45) is 0 Å². The van der Waals surface area contributed by atoms with Gasteiger partial charge in [-0.25, -0.2) is 0 Å². The summed E-state index contributed by atoms with van der Waals surface area (Å²) in [5.41, 5.74) is 3.90. The predicted molar refractivity (Wildman–Crippen MR) is 98.4 cm³/mol. The fraction of sp³-hybridized carbons (Fsp3) is 0.350. The normalized spacial score (nSPS) is 22.3. The predicted octanol–water partition coefficient (Wildman–Crippen LogP) is 3.27. The van der Waals surface area contributed by atoms with Crippen LogP contribution in [0.2, 0.25) is 0 Å². The lowest BCUT2D eigenvalue weighted by atomic mass is 9.93. The molecule has 4 rings (SSSR count). The third-order valence-corrected chi connectivity index (χ3v) is 6.09. The molecule has 0 saturated heterocycles. The number of amides is 1. The Hall–Kier alpha value is -1.78. The van der Waals surface area contributed by atoms with Gasteiger partial charge in [-0.15, -0.1) is 11.8 Å². The van der Waals surface area contributed by atoms with E-state index < -0.39 is 0 Å². The highest BCUT2D eigenvalue weighted by Gasteiger charge is 2.27. The molecule has 3 nitrogen and oxygen atoms in total. The molecule has 2 unspecified atom stereocenters. The summed E-state index contributed by atoms with van der Waals surface area (Å²) in [6, 6.07) is 17.1. The van der Waals surface area contributed by atoms with Gasteiger partial charge < -0.3 is 10.6 Å². The van der Waals surface area contributed by atoms with E-state index in [1.807, 2.05) is 17.8 Å². The number of benzene rings is 2. The van der Waals surface area contributed by atoms with E-state index in [0.29, 0.717) is 6.54 Å². The number of thioether (sulfide) groups is 1. The summed E-state index contributed by atoms with van der Waals surface area (Å²) < 4.78 is 0. The molecule has 2 aromatic carbocycles. The molecule has 24 heavy (non-hydrogen) atoms. The second-order valence-electron chi connectivity index (χ2n) is 6.43. The van der Waals surface area contributed by atoms with Gasteiger partial charge in [-0.2, -0.15) is 0 Å². The van der Waals surface area contributed by atoms with Crippen LogP contribution in [-0.4, -0.2) is 24.7 Å². The molecule has 0 spiro atoms. The Bertz CT molecular complexity index is 746. The summed E-state index contributed by atoms with van der Waals surface area (Å²) in [7, 11) is 0. The summed E-state index contributed by atoms with van der Waals surface area (Å²) in [6.45, 7) is 1.63. The number of fused-ring (bicyclic) bond motifs is 2. The van der Waals surface area contributed by atoms with Gasteiger partial charge in [0.05, 0.1) is 5.92 Å². The average molecular weight is 338 g/mol. The minimum atomic E-state index is -0.0127. The van der Waals surface area contributed by atoms with Crippen molar-refractivity contribution in [3.63, 3.8) is 0 Å². The molecule has 2 heterocycles. The lowest BCUT2D eigenvalue weighted by Crippen LogP contribution is -2.40. The van der Waals surface area contributed by atoms with E-state index in [9.17, 15) is 4.79 Å². The second kappa shape index (κ2) is 6.99. The van der Waals surface area contributed by atoms with Crippen LogP contribution in [0.4, 0.5) is 0 Å². The number of hydrogen-bond donors (Lipinski definition) is 2. The molecule has 0 bridgehead atoms. The van der Waals surface area contributed by atoms with Crippen LogP contribution in [0.5, 0.6) is 0 Å². The van der Waals surface area contributed by atoms with Gasteiger partial charge >= 0.3 is 0 Å². The Balaban J connectivity index is 1.45. The zero-order valence-electron chi connectivity index (χ0n) is 13.6. The monoisotopic (exact) mass is 338 g/mol. The molecule has 2 atom stereocenters. The van der Waals surface area contributed by atoms with E-state index in [0.717, 1.165) is 25.1 Å². The van der Waals surface area contributed by atoms with Crippen LogP contribution in [0.1, 0.15) is 35.1 Å². The standard InChI is InChI=1S/C20H22N2OS/c23-20(17-10-12-24-19-8-4-3-7-16(17)19)22-13-18-15-6-2-1-5-14(15)9-11-21-18/h1-8,17-18,21H,9-13H2,(H,22,23). The van der Waals surface area contributed by atoms with E-state index in [2.05, 4.69) is 53.1 Å². The first-order valence-electron chi connectivity index (χ1n) is 8.63. The molecule has 2 aromatic rings. The zero-order chi connectivity index (χ0) is 16.4. The highest BCUT2D eigenvalue weighted by atomic mass is 32.2. The Labute approximate surface area is 147 Å². The van der Waals surface area contributed by atoms with Crippen LogP contribution < -0.4 is 10.6 Å². The maximum atomic E-state index is 12.8. The van der Waals surface area contributed by atoms with Crippen LogP contribution >= 0.6 is 11.8 Å². The largest absolute Gasteiger partial charge is 0.354 e. The van der Waals surface area contributed by atoms with Gasteiger partial charge in [-0.1, -0.05) is 42.5 Å². The summed E-state index contributed by atoms with van der Waals surface area (Å²) in [5.74, 6) is 1.16. The van der Waals surface area contributed by atoms with E-state index >= 15 is 0 Å². The number of nitrogens with one attached hydrogen (secondary N) is 2. The molecule has 0 fully saturated rings. The van der Waals surface area contributed by atoms with Crippen molar-refractivity contribution in [1.29, 1.82) is 0 Å². The smallest absolute Gasteiger partial charge is 0.227 e. The first-order chi connectivity index (χ1) is 11.8. The van der Waals surface area contributed by atoms with E-state index in [-0.39, 0.29) is 17.9 Å². The van der Waals surface area contributed by atoms with Gasteiger partial charge in [0.1, 0.15) is 0 Å². The van der Waals surface area contributed by atoms with Crippen molar-refractivity contribution in [3.8, 4) is 0 Å². The molecule has 2 aliphatic heterocycles. The molecule has 124 valence electrons. The van der Waals surface area contributed by atoms with Crippen LogP contribution in [0, 0.1) is 0 Å². The first kappa shape index (κ1) is 15.7. The zero-order valence-corrected chi connectivity index (χ0v) is 14.4. The minimum absolute atomic E-state index is 0.0127. The molecule has 2 N–H and O–H groups in total. The minimum Gasteiger partial charge on any atom is -0.354 e. The molecular formula is C20H22N2OS. The lowest BCUT2D eigenvalue weighted by Gasteiger charge is -2.29. The van der Waals surface area contributed by atoms with Gasteiger partial charge in [0, 0.05) is 17.5 Å². The Morgan fingerprint density at radius 2 is 1.92 bits per heavy atom. The van der Waals surface area contributed by atoms with E-state index in [1.54, 1.807) is 0 Å². The van der Waals surface area contributed by atoms with Gasteiger partial charge in [0.25, 0.3) is 0 Å². The SMILES string of the molecule is O=C(NCC1NCCc2ccccc21)C1CCSc2ccccc21. The molecule has 0 aromatic heterocycles. The number of rotatable bonds is 3. The molecule has 2 aliphatic rings. The Morgan fingerprint density at radius 3 is 2.83 bits per heavy atom. The van der Waals surface area contributed by atoms with Crippen molar-refractivity contribution in [1.82, 2.24) is 10.6 Å². The molecule has 4 heteroatoms. The van der Waals surface area contributed by atoms with Crippen molar-refractivity contribution >= 4 is 17.7 Å². The molecule has 0 radical (unpaired) electrons. The summed E-state index contributed by atoms with van der Waals surface area (Å²) in [6.07, 6.45) is 1.98. The summed E-state index contributed by atoms with van der Waals surface area (Å²) >= 11 is 1.85. The van der Waals surface area contributed by atoms with Crippen LogP contribution in [-0.2, 0) is 11.2 Å². The van der Waals surface area contributed by atoms with Crippen LogP contribution in [0.3, 0.4) is 0 Å². The summed E-state index contributed by atoms with van der Waals surface area (Å²) in [4.78, 5) is 14.0. The van der Waals surface area contributed by atoms with Gasteiger partial charge in [0.15, 0.2) is 0 Å². The van der Waals surface area contributed by atoms with Crippen molar-refractivity contribution in [3.05, 3.63) is 65.2 Å². The maximum Gasteiger partial charge on any atom is 0.227 e. The fourth-order valence-corrected chi connectivity index (χ4v) is 4.84. The highest BCUT2D eigenvalue weighted by Crippen LogP contribution is 2.37. The molecule has 0 aliphatic carbocycles. The van der Waals surface area contributed by atoms with E-state index in [1.165, 1.54) is 21.6 Å². The molecule has 0 saturated carbocycles.